The number of carbonyl (C=O) groups is 1. The predicted molar refractivity (Wildman–Crippen MR) is 127 cm³/mol. The molecule has 0 bridgehead atoms. The molecule has 0 radical (unpaired) electrons. The van der Waals surface area contributed by atoms with Crippen molar-refractivity contribution in [1.82, 2.24) is 9.80 Å². The van der Waals surface area contributed by atoms with Crippen molar-refractivity contribution in [2.24, 2.45) is 0 Å². The summed E-state index contributed by atoms with van der Waals surface area (Å²) in [5.74, 6) is 0.970. The molecule has 1 fully saturated rings. The van der Waals surface area contributed by atoms with Crippen molar-refractivity contribution in [2.75, 3.05) is 26.2 Å². The molecule has 1 aliphatic heterocycles. The van der Waals surface area contributed by atoms with Gasteiger partial charge in [0.05, 0.1) is 4.88 Å². The average Bonchev–Trinajstić information content (AvgIpc) is 3.27. The van der Waals surface area contributed by atoms with Crippen LogP contribution in [0.3, 0.4) is 0 Å². The number of piperazine rings is 1. The Morgan fingerprint density at radius 1 is 1.00 bits per heavy atom. The maximum atomic E-state index is 12.9. The van der Waals surface area contributed by atoms with E-state index in [0.29, 0.717) is 6.61 Å². The lowest BCUT2D eigenvalue weighted by molar-refractivity contribution is 0.0633. The number of hydrogen-bond donors (Lipinski definition) is 0. The monoisotopic (exact) mass is 454 g/mol. The van der Waals surface area contributed by atoms with Crippen LogP contribution in [0, 0.1) is 0 Å². The molecule has 0 unspecified atom stereocenters. The Morgan fingerprint density at radius 3 is 2.48 bits per heavy atom. The molecular weight excluding hydrogens is 428 g/mol. The van der Waals surface area contributed by atoms with Gasteiger partial charge in [-0.05, 0) is 53.3 Å². The highest BCUT2D eigenvalue weighted by molar-refractivity contribution is 7.12. The van der Waals surface area contributed by atoms with Crippen LogP contribution in [0.5, 0.6) is 5.75 Å². The molecule has 0 N–H and O–H groups in total. The van der Waals surface area contributed by atoms with E-state index in [1.807, 2.05) is 46.7 Å². The number of thiophene rings is 1. The minimum Gasteiger partial charge on any atom is -0.489 e. The fraction of sp³-hybridized carbons (Fsp3) is 0.320. The second kappa shape index (κ2) is 10.3. The summed E-state index contributed by atoms with van der Waals surface area (Å²) in [5, 5.41) is 2.78. The van der Waals surface area contributed by atoms with Gasteiger partial charge in [0.2, 0.25) is 0 Å². The topological polar surface area (TPSA) is 32.8 Å². The first-order valence-electron chi connectivity index (χ1n) is 10.7. The average molecular weight is 455 g/mol. The van der Waals surface area contributed by atoms with Crippen LogP contribution in [0.4, 0.5) is 0 Å². The number of halogens is 1. The quantitative estimate of drug-likeness (QED) is 0.472. The van der Waals surface area contributed by atoms with Gasteiger partial charge in [-0.2, -0.15) is 0 Å². The third-order valence-corrected chi connectivity index (χ3v) is 6.76. The number of rotatable bonds is 7. The lowest BCUT2D eigenvalue weighted by atomic mass is 10.2. The van der Waals surface area contributed by atoms with E-state index in [2.05, 4.69) is 30.0 Å². The SMILES string of the molecule is CCc1ccc(OCc2csc(C(=O)N3CCN(Cc4cccc(Cl)c4)CC3)c2)cc1. The Morgan fingerprint density at radius 2 is 1.77 bits per heavy atom. The van der Waals surface area contributed by atoms with Crippen LogP contribution in [-0.4, -0.2) is 41.9 Å². The summed E-state index contributed by atoms with van der Waals surface area (Å²) >= 11 is 7.59. The number of amides is 1. The van der Waals surface area contributed by atoms with Crippen molar-refractivity contribution in [3.63, 3.8) is 0 Å². The highest BCUT2D eigenvalue weighted by atomic mass is 35.5. The Hall–Kier alpha value is -2.34. The number of nitrogens with zero attached hydrogens (tertiary/aromatic N) is 2. The van der Waals surface area contributed by atoms with Crippen molar-refractivity contribution in [3.05, 3.63) is 86.6 Å². The Bertz CT molecular complexity index is 1010. The summed E-state index contributed by atoms with van der Waals surface area (Å²) in [5.41, 5.74) is 3.54. The number of aryl methyl sites for hydroxylation is 1. The fourth-order valence-electron chi connectivity index (χ4n) is 3.71. The van der Waals surface area contributed by atoms with Gasteiger partial charge in [0, 0.05) is 43.3 Å². The van der Waals surface area contributed by atoms with Gasteiger partial charge in [-0.15, -0.1) is 11.3 Å². The molecule has 2 aromatic carbocycles. The minimum absolute atomic E-state index is 0.117. The van der Waals surface area contributed by atoms with E-state index in [1.54, 1.807) is 0 Å². The second-order valence-electron chi connectivity index (χ2n) is 7.80. The normalized spacial score (nSPS) is 14.6. The van der Waals surface area contributed by atoms with Crippen molar-refractivity contribution in [3.8, 4) is 5.75 Å². The van der Waals surface area contributed by atoms with Gasteiger partial charge in [-0.3, -0.25) is 9.69 Å². The second-order valence-corrected chi connectivity index (χ2v) is 9.15. The van der Waals surface area contributed by atoms with Crippen molar-refractivity contribution >= 4 is 28.8 Å². The van der Waals surface area contributed by atoms with Gasteiger partial charge in [-0.1, -0.05) is 42.8 Å². The summed E-state index contributed by atoms with van der Waals surface area (Å²) in [6.45, 7) is 6.70. The summed E-state index contributed by atoms with van der Waals surface area (Å²) in [6, 6.07) is 18.1. The molecule has 4 rings (SSSR count). The van der Waals surface area contributed by atoms with Crippen LogP contribution in [-0.2, 0) is 19.6 Å². The van der Waals surface area contributed by atoms with E-state index < -0.39 is 0 Å². The molecule has 0 atom stereocenters. The lowest BCUT2D eigenvalue weighted by Gasteiger charge is -2.34. The molecule has 0 aliphatic carbocycles. The third-order valence-electron chi connectivity index (χ3n) is 5.56. The number of benzene rings is 2. The van der Waals surface area contributed by atoms with Gasteiger partial charge in [-0.25, -0.2) is 0 Å². The molecule has 6 heteroatoms. The molecule has 1 amide bonds. The molecule has 0 spiro atoms. The van der Waals surface area contributed by atoms with Gasteiger partial charge >= 0.3 is 0 Å². The van der Waals surface area contributed by atoms with E-state index in [1.165, 1.54) is 22.5 Å². The summed E-state index contributed by atoms with van der Waals surface area (Å²) in [4.78, 5) is 18.0. The lowest BCUT2D eigenvalue weighted by Crippen LogP contribution is -2.48. The zero-order valence-electron chi connectivity index (χ0n) is 17.7. The Kier molecular flexibility index (Phi) is 7.28. The van der Waals surface area contributed by atoms with Gasteiger partial charge in [0.25, 0.3) is 5.91 Å². The maximum Gasteiger partial charge on any atom is 0.264 e. The van der Waals surface area contributed by atoms with Crippen LogP contribution in [0.25, 0.3) is 0 Å². The molecule has 2 heterocycles. The molecule has 4 nitrogen and oxygen atoms in total. The van der Waals surface area contributed by atoms with Crippen LogP contribution in [0.1, 0.15) is 33.3 Å². The fourth-order valence-corrected chi connectivity index (χ4v) is 4.79. The van der Waals surface area contributed by atoms with Gasteiger partial charge < -0.3 is 9.64 Å². The first-order chi connectivity index (χ1) is 15.1. The number of hydrogen-bond acceptors (Lipinski definition) is 4. The van der Waals surface area contributed by atoms with Gasteiger partial charge in [0.15, 0.2) is 0 Å². The van der Waals surface area contributed by atoms with E-state index >= 15 is 0 Å². The summed E-state index contributed by atoms with van der Waals surface area (Å²) < 4.78 is 5.87. The smallest absolute Gasteiger partial charge is 0.264 e. The molecule has 1 saturated heterocycles. The first-order valence-corrected chi connectivity index (χ1v) is 11.9. The van der Waals surface area contributed by atoms with Crippen LogP contribution < -0.4 is 4.74 Å². The van der Waals surface area contributed by atoms with Crippen molar-refractivity contribution in [1.29, 1.82) is 0 Å². The predicted octanol–water partition coefficient (Wildman–Crippen LogP) is 5.50. The molecule has 1 aromatic heterocycles. The standard InChI is InChI=1S/C25H27ClN2O2S/c1-2-19-6-8-23(9-7-19)30-17-21-15-24(31-18-21)25(29)28-12-10-27(11-13-28)16-20-4-3-5-22(26)14-20/h3-9,14-15,18H,2,10-13,16-17H2,1H3. The Labute approximate surface area is 193 Å². The van der Waals surface area contributed by atoms with Gasteiger partial charge in [0.1, 0.15) is 12.4 Å². The highest BCUT2D eigenvalue weighted by Crippen LogP contribution is 2.21. The van der Waals surface area contributed by atoms with E-state index in [4.69, 9.17) is 16.3 Å². The first kappa shape index (κ1) is 21.9. The zero-order valence-corrected chi connectivity index (χ0v) is 19.3. The summed E-state index contributed by atoms with van der Waals surface area (Å²) in [7, 11) is 0. The van der Waals surface area contributed by atoms with E-state index in [-0.39, 0.29) is 5.91 Å². The summed E-state index contributed by atoms with van der Waals surface area (Å²) in [6.07, 6.45) is 1.02. The van der Waals surface area contributed by atoms with Crippen molar-refractivity contribution < 1.29 is 9.53 Å². The van der Waals surface area contributed by atoms with Crippen LogP contribution >= 0.6 is 22.9 Å². The van der Waals surface area contributed by atoms with E-state index in [0.717, 1.165) is 60.4 Å². The zero-order chi connectivity index (χ0) is 21.6. The third kappa shape index (κ3) is 5.88. The maximum absolute atomic E-state index is 12.9. The minimum atomic E-state index is 0.117. The van der Waals surface area contributed by atoms with Crippen molar-refractivity contribution in [2.45, 2.75) is 26.5 Å². The molecule has 1 aliphatic rings. The van der Waals surface area contributed by atoms with E-state index in [9.17, 15) is 4.79 Å². The molecule has 3 aromatic rings. The number of carbonyl (C=O) groups excluding carboxylic acids is 1. The van der Waals surface area contributed by atoms with Crippen LogP contribution in [0.2, 0.25) is 5.02 Å². The molecule has 0 saturated carbocycles. The molecular formula is C25H27ClN2O2S. The molecule has 31 heavy (non-hydrogen) atoms. The highest BCUT2D eigenvalue weighted by Gasteiger charge is 2.23. The Balaban J connectivity index is 1.26. The largest absolute Gasteiger partial charge is 0.489 e. The molecule has 162 valence electrons. The number of ether oxygens (including phenoxy) is 1. The van der Waals surface area contributed by atoms with Crippen LogP contribution in [0.15, 0.2) is 60.0 Å².